The second-order valence-corrected chi connectivity index (χ2v) is 10.1. The summed E-state index contributed by atoms with van der Waals surface area (Å²) in [5.74, 6) is -2.69. The molecule has 0 aromatic carbocycles. The number of rotatable bonds is 9. The Morgan fingerprint density at radius 1 is 1.32 bits per heavy atom. The topological polar surface area (TPSA) is 94.3 Å². The van der Waals surface area contributed by atoms with E-state index in [1.807, 2.05) is 0 Å². The van der Waals surface area contributed by atoms with Crippen LogP contribution in [0.2, 0.25) is 5.15 Å². The van der Waals surface area contributed by atoms with E-state index >= 15 is 0 Å². The second-order valence-electron chi connectivity index (χ2n) is 6.48. The van der Waals surface area contributed by atoms with Gasteiger partial charge in [0.05, 0.1) is 17.1 Å². The summed E-state index contributed by atoms with van der Waals surface area (Å²) in [5.41, 5.74) is 0.142. The molecule has 0 fully saturated rings. The number of hydrogen-bond acceptors (Lipinski definition) is 6. The highest BCUT2D eigenvalue weighted by atomic mass is 35.5. The molecule has 0 radical (unpaired) electrons. The maximum absolute atomic E-state index is 13.5. The van der Waals surface area contributed by atoms with Crippen LogP contribution < -0.4 is 9.63 Å². The zero-order chi connectivity index (χ0) is 23.4. The summed E-state index contributed by atoms with van der Waals surface area (Å²) in [6, 6.07) is 1.07. The van der Waals surface area contributed by atoms with Gasteiger partial charge in [-0.2, -0.15) is 17.9 Å². The van der Waals surface area contributed by atoms with Gasteiger partial charge in [0.2, 0.25) is 12.1 Å². The van der Waals surface area contributed by atoms with Crippen LogP contribution in [0.25, 0.3) is 10.6 Å². The van der Waals surface area contributed by atoms with Gasteiger partial charge < -0.3 is 10.1 Å². The van der Waals surface area contributed by atoms with Gasteiger partial charge in [-0.3, -0.25) is 4.79 Å². The van der Waals surface area contributed by atoms with E-state index in [-0.39, 0.29) is 32.0 Å². The van der Waals surface area contributed by atoms with Crippen molar-refractivity contribution < 1.29 is 35.5 Å². The lowest BCUT2D eigenvalue weighted by Crippen LogP contribution is -2.32. The molecule has 7 nitrogen and oxygen atoms in total. The number of halogens is 5. The van der Waals surface area contributed by atoms with Gasteiger partial charge in [0, 0.05) is 19.4 Å². The molecule has 31 heavy (non-hydrogen) atoms. The average molecular weight is 504 g/mol. The summed E-state index contributed by atoms with van der Waals surface area (Å²) < 4.78 is 74.2. The zero-order valence-corrected chi connectivity index (χ0v) is 18.5. The van der Waals surface area contributed by atoms with E-state index in [1.165, 1.54) is 4.90 Å². The van der Waals surface area contributed by atoms with Crippen molar-refractivity contribution in [2.75, 3.05) is 23.0 Å². The number of anilines is 1. The molecule has 0 bridgehead atoms. The van der Waals surface area contributed by atoms with Gasteiger partial charge in [-0.15, -0.1) is 0 Å². The lowest BCUT2D eigenvalue weighted by Gasteiger charge is -2.19. The van der Waals surface area contributed by atoms with Gasteiger partial charge in [-0.1, -0.05) is 22.9 Å². The van der Waals surface area contributed by atoms with Crippen LogP contribution in [0.3, 0.4) is 0 Å². The van der Waals surface area contributed by atoms with Crippen molar-refractivity contribution >= 4 is 43.7 Å². The Hall–Kier alpha value is -1.99. The molecular weight excluding hydrogens is 486 g/mol. The Labute approximate surface area is 184 Å². The van der Waals surface area contributed by atoms with Crippen LogP contribution in [-0.4, -0.2) is 43.5 Å². The number of amides is 1. The van der Waals surface area contributed by atoms with Crippen molar-refractivity contribution in [1.29, 1.82) is 0 Å². The third kappa shape index (κ3) is 7.58. The molecule has 0 aliphatic rings. The SMILES string of the molecule is CCN(C(=O)CCS(=O)(=O)CCCC(F)(F)F)c1sc(-c2cc(F)c[n+]([O-])c2)nc1Cl. The van der Waals surface area contributed by atoms with Crippen molar-refractivity contribution in [2.45, 2.75) is 32.4 Å². The Morgan fingerprint density at radius 3 is 2.58 bits per heavy atom. The van der Waals surface area contributed by atoms with Crippen LogP contribution in [0.1, 0.15) is 26.2 Å². The van der Waals surface area contributed by atoms with E-state index < -0.39 is 58.5 Å². The average Bonchev–Trinajstić information content (AvgIpc) is 3.00. The Balaban J connectivity index is 2.10. The monoisotopic (exact) mass is 503 g/mol. The van der Waals surface area contributed by atoms with Crippen LogP contribution in [0.4, 0.5) is 22.6 Å². The molecule has 0 spiro atoms. The minimum absolute atomic E-state index is 0.0926. The lowest BCUT2D eigenvalue weighted by molar-refractivity contribution is -0.606. The molecule has 14 heteroatoms. The van der Waals surface area contributed by atoms with Gasteiger partial charge >= 0.3 is 6.18 Å². The molecular formula is C17H18ClF4N3O4S2. The molecule has 0 N–H and O–H groups in total. The number of aromatic nitrogens is 2. The molecule has 2 rings (SSSR count). The number of carbonyl (C=O) groups excluding carboxylic acids is 1. The first-order valence-electron chi connectivity index (χ1n) is 8.95. The van der Waals surface area contributed by atoms with Gasteiger partial charge in [0.25, 0.3) is 0 Å². The van der Waals surface area contributed by atoms with E-state index in [4.69, 9.17) is 11.6 Å². The number of hydrogen-bond donors (Lipinski definition) is 0. The Bertz CT molecular complexity index is 1020. The van der Waals surface area contributed by atoms with Crippen molar-refractivity contribution in [3.05, 3.63) is 34.6 Å². The van der Waals surface area contributed by atoms with Crippen molar-refractivity contribution in [3.8, 4) is 10.6 Å². The normalized spacial score (nSPS) is 12.2. The number of sulfone groups is 1. The number of thiazole rings is 1. The number of carbonyl (C=O) groups is 1. The van der Waals surface area contributed by atoms with Crippen molar-refractivity contribution in [2.24, 2.45) is 0 Å². The smallest absolute Gasteiger partial charge is 0.389 e. The van der Waals surface area contributed by atoms with Crippen LogP contribution in [0.5, 0.6) is 0 Å². The molecule has 0 aliphatic carbocycles. The molecule has 172 valence electrons. The number of alkyl halides is 3. The second kappa shape index (κ2) is 10.1. The number of nitrogens with zero attached hydrogens (tertiary/aromatic N) is 3. The maximum Gasteiger partial charge on any atom is 0.389 e. The van der Waals surface area contributed by atoms with E-state index in [1.54, 1.807) is 6.92 Å². The van der Waals surface area contributed by atoms with Crippen LogP contribution in [0, 0.1) is 11.0 Å². The van der Waals surface area contributed by atoms with E-state index in [2.05, 4.69) is 4.98 Å². The molecule has 2 aromatic rings. The highest BCUT2D eigenvalue weighted by molar-refractivity contribution is 7.91. The predicted molar refractivity (Wildman–Crippen MR) is 108 cm³/mol. The Morgan fingerprint density at radius 2 is 2.00 bits per heavy atom. The summed E-state index contributed by atoms with van der Waals surface area (Å²) in [6.07, 6.45) is -4.90. The standard InChI is InChI=1S/C17H18ClF4N3O4S2/c1-2-25(13(26)4-7-31(28,29)6-3-5-17(20,21)22)16-14(18)23-15(30-16)11-8-12(19)10-24(27)9-11/h8-10H,2-7H2,1H3. The molecule has 2 heterocycles. The molecule has 0 unspecified atom stereocenters. The predicted octanol–water partition coefficient (Wildman–Crippen LogP) is 3.74. The van der Waals surface area contributed by atoms with Crippen LogP contribution in [0.15, 0.2) is 18.5 Å². The van der Waals surface area contributed by atoms with E-state index in [9.17, 15) is 36.0 Å². The van der Waals surface area contributed by atoms with E-state index in [0.717, 1.165) is 29.8 Å². The minimum Gasteiger partial charge on any atom is -0.619 e. The van der Waals surface area contributed by atoms with Gasteiger partial charge in [-0.25, -0.2) is 17.8 Å². The third-order valence-corrected chi connectivity index (χ3v) is 7.27. The fourth-order valence-corrected chi connectivity index (χ4v) is 5.27. The van der Waals surface area contributed by atoms with Gasteiger partial charge in [-0.05, 0) is 19.4 Å². The minimum atomic E-state index is -4.45. The summed E-state index contributed by atoms with van der Waals surface area (Å²) in [7, 11) is -3.85. The van der Waals surface area contributed by atoms with Crippen LogP contribution in [-0.2, 0) is 14.6 Å². The fraction of sp³-hybridized carbons (Fsp3) is 0.471. The molecule has 0 saturated heterocycles. The maximum atomic E-state index is 13.5. The highest BCUT2D eigenvalue weighted by Crippen LogP contribution is 2.37. The first-order chi connectivity index (χ1) is 14.3. The van der Waals surface area contributed by atoms with Crippen molar-refractivity contribution in [3.63, 3.8) is 0 Å². The quantitative estimate of drug-likeness (QED) is 0.295. The summed E-state index contributed by atoms with van der Waals surface area (Å²) >= 11 is 7.00. The van der Waals surface area contributed by atoms with Gasteiger partial charge in [0.15, 0.2) is 27.0 Å². The zero-order valence-electron chi connectivity index (χ0n) is 16.2. The van der Waals surface area contributed by atoms with Gasteiger partial charge in [0.1, 0.15) is 10.0 Å². The van der Waals surface area contributed by atoms with Crippen LogP contribution >= 0.6 is 22.9 Å². The molecule has 2 aromatic heterocycles. The fourth-order valence-electron chi connectivity index (χ4n) is 2.62. The lowest BCUT2D eigenvalue weighted by atomic mass is 10.3. The molecule has 1 amide bonds. The largest absolute Gasteiger partial charge is 0.619 e. The first-order valence-corrected chi connectivity index (χ1v) is 12.0. The first kappa shape index (κ1) is 25.3. The molecule has 0 atom stereocenters. The third-order valence-electron chi connectivity index (χ3n) is 4.03. The van der Waals surface area contributed by atoms with E-state index in [0.29, 0.717) is 0 Å². The Kier molecular flexibility index (Phi) is 8.22. The summed E-state index contributed by atoms with van der Waals surface area (Å²) in [4.78, 5) is 17.8. The number of pyridine rings is 1. The summed E-state index contributed by atoms with van der Waals surface area (Å²) in [6.45, 7) is 1.72. The highest BCUT2D eigenvalue weighted by Gasteiger charge is 2.28. The molecule has 0 saturated carbocycles. The summed E-state index contributed by atoms with van der Waals surface area (Å²) in [5, 5.41) is 11.7. The van der Waals surface area contributed by atoms with Crippen molar-refractivity contribution in [1.82, 2.24) is 4.98 Å². The molecule has 0 aliphatic heterocycles.